The standard InChI is InChI=1S/C24H33N5O2S.C19H23BrN4OS.2C15H17N5OS.C5H11NO.ClH/c1-24(2,3)28-21-14-18(26-15-7-8-16(30)12-15)23-17(27-21)13-20(32-23)19-9-10-25-29(19)22-6-4-5-11-31-22;1-19(2,3)23-16-10-12(20)18-13(22-16)11-15(26-18)14-7-8-21-24(14)17-6-4-5-9-25-17;2*16-14-7-12(18-8-1-2-9(21)5-8)15-11(19-14)6-13(22-15)10-3-4-17-20-10;6-4-1-2-5(7)3-4;/h9-10,13-16,22,30H,4-8,11-12H2,1-3H3,(H2,26,27,28);7-8,10-11,17H,4-6,9H2,1-3H3,(H,22,23);2*3-4,6-9,21H,1-2,5H2,(H,17,20)(H3,16,18,19);4-5,7H,1-3,6H2;1H/t15-,16+,22?;;2*8-,9+;4-,5+;/m0.000./s1. The number of anilines is 7. The molecule has 110 heavy (non-hydrogen) atoms. The van der Waals surface area contributed by atoms with Crippen LogP contribution in [-0.4, -0.2) is 153 Å². The fraction of sp³-hybridized carbons (Fsp3) is 0.487. The zero-order valence-corrected chi connectivity index (χ0v) is 68.6. The van der Waals surface area contributed by atoms with Crippen LogP contribution in [0.1, 0.15) is 170 Å². The summed E-state index contributed by atoms with van der Waals surface area (Å²) in [5.41, 5.74) is 28.2. The number of aromatic amines is 2. The first kappa shape index (κ1) is 80.4. The van der Waals surface area contributed by atoms with Crippen LogP contribution < -0.4 is 43.8 Å². The van der Waals surface area contributed by atoms with E-state index in [9.17, 15) is 15.3 Å². The van der Waals surface area contributed by atoms with Gasteiger partial charge in [-0.05, 0) is 228 Å². The summed E-state index contributed by atoms with van der Waals surface area (Å²) in [4.78, 5) is 23.0. The third kappa shape index (κ3) is 20.4. The van der Waals surface area contributed by atoms with Gasteiger partial charge in [0.15, 0.2) is 12.5 Å². The highest BCUT2D eigenvalue weighted by molar-refractivity contribution is 9.10. The Balaban J connectivity index is 0.000000126. The summed E-state index contributed by atoms with van der Waals surface area (Å²) in [6.07, 6.45) is 23.7. The lowest BCUT2D eigenvalue weighted by molar-refractivity contribution is -0.0384. The number of fused-ring (bicyclic) bond motifs is 4. The van der Waals surface area contributed by atoms with Gasteiger partial charge < -0.3 is 73.7 Å². The number of thiophene rings is 4. The minimum absolute atomic E-state index is 0. The van der Waals surface area contributed by atoms with Crippen LogP contribution in [0.3, 0.4) is 0 Å². The molecule has 2 unspecified atom stereocenters. The van der Waals surface area contributed by atoms with Gasteiger partial charge in [-0.2, -0.15) is 20.4 Å². The Morgan fingerprint density at radius 2 is 0.855 bits per heavy atom. The minimum atomic E-state index is -0.208. The number of halogens is 2. The van der Waals surface area contributed by atoms with E-state index in [4.69, 9.17) is 41.7 Å². The van der Waals surface area contributed by atoms with Crippen molar-refractivity contribution < 1.29 is 29.9 Å². The average Bonchev–Trinajstić information content (AvgIpc) is 1.64. The monoisotopic (exact) mass is 1660 g/mol. The van der Waals surface area contributed by atoms with Crippen LogP contribution in [0.2, 0.25) is 0 Å². The van der Waals surface area contributed by atoms with E-state index in [2.05, 4.69) is 161 Å². The molecule has 6 aliphatic rings. The number of rotatable bonds is 14. The van der Waals surface area contributed by atoms with E-state index >= 15 is 0 Å². The molecular formula is C78H102BrClN20O6S4. The third-order valence-corrected chi connectivity index (χ3v) is 25.5. The maximum absolute atomic E-state index is 10.00. The highest BCUT2D eigenvalue weighted by atomic mass is 79.9. The SMILES string of the molecule is CC(C)(C)Nc1cc(Br)c2sc(-c3ccnn3C3CCCCO3)cc2n1.CC(C)(C)Nc1cc(N[C@H]2CC[C@@H](O)C2)c2sc(-c3ccnn3C3CCCCO3)cc2n1.Cl.N[C@H]1CC[C@@H](O)C1.Nc1cc(N[C@H]2CC[C@@H](O)C2)c2sc(-c3ccn[nH]3)cc2n1.Nc1cc(N[C@H]2CC[C@@H](O)C2)c2sc(-c3ccn[nH]3)cc2n1. The van der Waals surface area contributed by atoms with Crippen LogP contribution >= 0.6 is 73.7 Å². The van der Waals surface area contributed by atoms with Crippen LogP contribution in [0, 0.1) is 0 Å². The van der Waals surface area contributed by atoms with Gasteiger partial charge in [0, 0.05) is 95.9 Å². The predicted octanol–water partition coefficient (Wildman–Crippen LogP) is 16.7. The number of aromatic nitrogens is 12. The molecule has 2 aliphatic heterocycles. The molecule has 12 aromatic rings. The molecule has 2 saturated heterocycles. The highest BCUT2D eigenvalue weighted by Gasteiger charge is 2.30. The average molecular weight is 1660 g/mol. The van der Waals surface area contributed by atoms with Gasteiger partial charge in [-0.25, -0.2) is 29.3 Å². The number of ether oxygens (including phenoxy) is 2. The number of aliphatic hydroxyl groups is 4. The Hall–Kier alpha value is -7.63. The van der Waals surface area contributed by atoms with Gasteiger partial charge in [-0.3, -0.25) is 10.2 Å². The Kier molecular flexibility index (Phi) is 26.0. The van der Waals surface area contributed by atoms with Gasteiger partial charge in [0.1, 0.15) is 23.3 Å². The molecule has 4 aliphatic carbocycles. The molecule has 26 nitrogen and oxygen atoms in total. The molecule has 6 fully saturated rings. The quantitative estimate of drug-likeness (QED) is 0.0481. The fourth-order valence-corrected chi connectivity index (χ4v) is 19.7. The summed E-state index contributed by atoms with van der Waals surface area (Å²) in [6.45, 7) is 14.4. The first-order valence-corrected chi connectivity index (χ1v) is 42.1. The number of hydrogen-bond acceptors (Lipinski definition) is 26. The maximum Gasteiger partial charge on any atom is 0.150 e. The van der Waals surface area contributed by atoms with Crippen molar-refractivity contribution in [3.63, 3.8) is 0 Å². The smallest absolute Gasteiger partial charge is 0.150 e. The maximum atomic E-state index is 10.00. The number of pyridine rings is 4. The van der Waals surface area contributed by atoms with Crippen LogP contribution in [0.4, 0.5) is 40.3 Å². The molecule has 32 heteroatoms. The number of hydrogen-bond donors (Lipinski definition) is 14. The lowest BCUT2D eigenvalue weighted by Gasteiger charge is -2.24. The molecule has 14 heterocycles. The molecule has 12 aromatic heterocycles. The Morgan fingerprint density at radius 1 is 0.464 bits per heavy atom. The number of aliphatic hydroxyl groups excluding tert-OH is 4. The molecule has 10 atom stereocenters. The molecular weight excluding hydrogens is 1560 g/mol. The molecule has 18 rings (SSSR count). The lowest BCUT2D eigenvalue weighted by atomic mass is 10.1. The van der Waals surface area contributed by atoms with Crippen LogP contribution in [0.5, 0.6) is 0 Å². The van der Waals surface area contributed by atoms with E-state index in [1.165, 1.54) is 12.8 Å². The van der Waals surface area contributed by atoms with E-state index < -0.39 is 0 Å². The summed E-state index contributed by atoms with van der Waals surface area (Å²) in [7, 11) is 0. The molecule has 17 N–H and O–H groups in total. The van der Waals surface area contributed by atoms with Crippen molar-refractivity contribution in [2.24, 2.45) is 5.73 Å². The van der Waals surface area contributed by atoms with Gasteiger partial charge in [0.2, 0.25) is 0 Å². The van der Waals surface area contributed by atoms with E-state index in [1.54, 1.807) is 57.7 Å². The first-order valence-electron chi connectivity index (χ1n) is 38.0. The number of H-pyrrole nitrogens is 2. The van der Waals surface area contributed by atoms with Gasteiger partial charge in [-0.1, -0.05) is 0 Å². The summed E-state index contributed by atoms with van der Waals surface area (Å²) in [5.74, 6) is 2.75. The number of nitrogens with two attached hydrogens (primary N) is 3. The van der Waals surface area contributed by atoms with E-state index in [1.807, 2.05) is 58.2 Å². The Labute approximate surface area is 670 Å². The molecule has 0 aromatic carbocycles. The Bertz CT molecular complexity index is 4840. The zero-order chi connectivity index (χ0) is 76.1. The normalized spacial score (nSPS) is 22.7. The number of nitrogen functional groups attached to an aromatic ring is 2. The van der Waals surface area contributed by atoms with Crippen molar-refractivity contribution in [3.05, 3.63) is 102 Å². The fourth-order valence-electron chi connectivity index (χ4n) is 14.8. The highest BCUT2D eigenvalue weighted by Crippen LogP contribution is 2.45. The van der Waals surface area contributed by atoms with E-state index in [-0.39, 0.29) is 84.5 Å². The predicted molar refractivity (Wildman–Crippen MR) is 454 cm³/mol. The lowest BCUT2D eigenvalue weighted by Crippen LogP contribution is -2.26. The van der Waals surface area contributed by atoms with Gasteiger partial charge in [-0.15, -0.1) is 57.8 Å². The molecule has 588 valence electrons. The molecule has 0 radical (unpaired) electrons. The van der Waals surface area contributed by atoms with E-state index in [0.717, 1.165) is 232 Å². The van der Waals surface area contributed by atoms with Gasteiger partial charge in [0.05, 0.1) is 125 Å². The van der Waals surface area contributed by atoms with Crippen molar-refractivity contribution in [1.29, 1.82) is 0 Å². The van der Waals surface area contributed by atoms with Crippen molar-refractivity contribution >= 4 is 155 Å². The van der Waals surface area contributed by atoms with Crippen molar-refractivity contribution in [2.75, 3.05) is 51.3 Å². The summed E-state index contributed by atoms with van der Waals surface area (Å²) < 4.78 is 21.5. The van der Waals surface area contributed by atoms with Gasteiger partial charge in [0.25, 0.3) is 0 Å². The minimum Gasteiger partial charge on any atom is -0.393 e. The molecule has 4 saturated carbocycles. The molecule has 0 spiro atoms. The molecule has 0 bridgehead atoms. The number of nitrogens with one attached hydrogen (secondary N) is 7. The van der Waals surface area contributed by atoms with Crippen molar-refractivity contribution in [2.45, 2.75) is 229 Å². The van der Waals surface area contributed by atoms with Crippen molar-refractivity contribution in [1.82, 2.24) is 59.9 Å². The summed E-state index contributed by atoms with van der Waals surface area (Å²) in [5, 5.41) is 79.0. The Morgan fingerprint density at radius 3 is 1.23 bits per heavy atom. The van der Waals surface area contributed by atoms with Gasteiger partial charge >= 0.3 is 0 Å². The summed E-state index contributed by atoms with van der Waals surface area (Å²) in [6, 6.07) is 25.4. The zero-order valence-electron chi connectivity index (χ0n) is 62.9. The van der Waals surface area contributed by atoms with Crippen LogP contribution in [0.25, 0.3) is 83.2 Å². The second-order valence-electron chi connectivity index (χ2n) is 31.3. The topological polar surface area (TPSA) is 382 Å². The van der Waals surface area contributed by atoms with E-state index in [0.29, 0.717) is 11.6 Å². The first-order chi connectivity index (χ1) is 52.4. The van der Waals surface area contributed by atoms with Crippen LogP contribution in [0.15, 0.2) is 102 Å². The largest absolute Gasteiger partial charge is 0.393 e. The van der Waals surface area contributed by atoms with Crippen LogP contribution in [-0.2, 0) is 9.47 Å². The third-order valence-electron chi connectivity index (χ3n) is 19.9. The number of nitrogens with zero attached hydrogens (tertiary/aromatic N) is 10. The molecule has 0 amide bonds. The second-order valence-corrected chi connectivity index (χ2v) is 36.4. The second kappa shape index (κ2) is 35.6. The van der Waals surface area contributed by atoms with Crippen molar-refractivity contribution in [3.8, 4) is 42.3 Å². The summed E-state index contributed by atoms with van der Waals surface area (Å²) >= 11 is 10.5.